The Labute approximate surface area is 141 Å². The molecule has 3 amide bonds. The van der Waals surface area contributed by atoms with Crippen molar-refractivity contribution in [1.29, 1.82) is 0 Å². The number of halogens is 1. The second-order valence-electron chi connectivity index (χ2n) is 4.46. The van der Waals surface area contributed by atoms with Crippen LogP contribution in [-0.2, 0) is 9.53 Å². The highest BCUT2D eigenvalue weighted by Gasteiger charge is 2.21. The largest absolute Gasteiger partial charge is 0.448 e. The molecule has 0 saturated heterocycles. The molecule has 1 aromatic heterocycles. The SMILES string of the molecule is CC(OC(=O)c1ccc(Cl)s1)C(=O)NC(=O)Nc1ccccc1. The van der Waals surface area contributed by atoms with Gasteiger partial charge in [0.05, 0.1) is 4.34 Å². The number of thiophene rings is 1. The summed E-state index contributed by atoms with van der Waals surface area (Å²) in [5, 5.41) is 4.59. The number of imide groups is 1. The zero-order chi connectivity index (χ0) is 16.8. The first-order valence-electron chi connectivity index (χ1n) is 6.59. The van der Waals surface area contributed by atoms with E-state index in [4.69, 9.17) is 16.3 Å². The third kappa shape index (κ3) is 5.08. The molecule has 2 N–H and O–H groups in total. The zero-order valence-electron chi connectivity index (χ0n) is 12.0. The molecule has 2 rings (SSSR count). The summed E-state index contributed by atoms with van der Waals surface area (Å²) >= 11 is 6.77. The van der Waals surface area contributed by atoms with Gasteiger partial charge < -0.3 is 10.1 Å². The van der Waals surface area contributed by atoms with Gasteiger partial charge in [-0.15, -0.1) is 11.3 Å². The maximum absolute atomic E-state index is 11.8. The molecule has 0 aliphatic carbocycles. The second kappa shape index (κ2) is 7.75. The third-order valence-corrected chi connectivity index (χ3v) is 3.91. The van der Waals surface area contributed by atoms with Gasteiger partial charge in [-0.3, -0.25) is 10.1 Å². The number of amides is 3. The normalized spacial score (nSPS) is 11.4. The average molecular weight is 353 g/mol. The molecule has 1 unspecified atom stereocenters. The third-order valence-electron chi connectivity index (χ3n) is 2.70. The number of para-hydroxylation sites is 1. The molecular weight excluding hydrogens is 340 g/mol. The molecule has 120 valence electrons. The Hall–Kier alpha value is -2.38. The monoisotopic (exact) mass is 352 g/mol. The fourth-order valence-corrected chi connectivity index (χ4v) is 2.52. The smallest absolute Gasteiger partial charge is 0.349 e. The molecule has 0 spiro atoms. The van der Waals surface area contributed by atoms with E-state index in [2.05, 4.69) is 10.6 Å². The lowest BCUT2D eigenvalue weighted by atomic mass is 10.3. The summed E-state index contributed by atoms with van der Waals surface area (Å²) in [4.78, 5) is 35.6. The number of carbonyl (C=O) groups is 3. The van der Waals surface area contributed by atoms with Crippen LogP contribution in [0.4, 0.5) is 10.5 Å². The van der Waals surface area contributed by atoms with E-state index in [1.54, 1.807) is 36.4 Å². The number of hydrogen-bond acceptors (Lipinski definition) is 5. The second-order valence-corrected chi connectivity index (χ2v) is 6.18. The minimum absolute atomic E-state index is 0.281. The lowest BCUT2D eigenvalue weighted by molar-refractivity contribution is -0.127. The molecule has 8 heteroatoms. The number of rotatable bonds is 4. The Morgan fingerprint density at radius 3 is 2.43 bits per heavy atom. The highest BCUT2D eigenvalue weighted by Crippen LogP contribution is 2.22. The van der Waals surface area contributed by atoms with Crippen molar-refractivity contribution in [3.8, 4) is 0 Å². The molecule has 1 atom stereocenters. The molecule has 1 heterocycles. The van der Waals surface area contributed by atoms with Crippen molar-refractivity contribution in [1.82, 2.24) is 5.32 Å². The van der Waals surface area contributed by atoms with Crippen LogP contribution in [0.5, 0.6) is 0 Å². The fraction of sp³-hybridized carbons (Fsp3) is 0.133. The van der Waals surface area contributed by atoms with Crippen LogP contribution in [0.25, 0.3) is 0 Å². The van der Waals surface area contributed by atoms with Crippen molar-refractivity contribution in [2.75, 3.05) is 5.32 Å². The first-order valence-corrected chi connectivity index (χ1v) is 7.78. The van der Waals surface area contributed by atoms with E-state index in [1.807, 2.05) is 0 Å². The van der Waals surface area contributed by atoms with Gasteiger partial charge in [0, 0.05) is 5.69 Å². The maximum Gasteiger partial charge on any atom is 0.349 e. The van der Waals surface area contributed by atoms with E-state index in [-0.39, 0.29) is 4.88 Å². The van der Waals surface area contributed by atoms with Crippen LogP contribution in [0, 0.1) is 0 Å². The van der Waals surface area contributed by atoms with Gasteiger partial charge in [0.2, 0.25) is 0 Å². The van der Waals surface area contributed by atoms with Crippen LogP contribution in [0.15, 0.2) is 42.5 Å². The molecule has 0 aliphatic heterocycles. The molecule has 0 radical (unpaired) electrons. The molecule has 6 nitrogen and oxygen atoms in total. The van der Waals surface area contributed by atoms with Crippen molar-refractivity contribution in [3.63, 3.8) is 0 Å². The summed E-state index contributed by atoms with van der Waals surface area (Å²) < 4.78 is 5.42. The highest BCUT2D eigenvalue weighted by atomic mass is 35.5. The van der Waals surface area contributed by atoms with Gasteiger partial charge in [-0.2, -0.15) is 0 Å². The van der Waals surface area contributed by atoms with Crippen molar-refractivity contribution in [3.05, 3.63) is 51.7 Å². The molecule has 0 saturated carbocycles. The van der Waals surface area contributed by atoms with Crippen molar-refractivity contribution < 1.29 is 19.1 Å². The number of ether oxygens (including phenoxy) is 1. The van der Waals surface area contributed by atoms with Crippen LogP contribution in [0.3, 0.4) is 0 Å². The first-order chi connectivity index (χ1) is 11.0. The van der Waals surface area contributed by atoms with Crippen LogP contribution in [0.2, 0.25) is 4.34 Å². The summed E-state index contributed by atoms with van der Waals surface area (Å²) in [6.07, 6.45) is -1.12. The molecule has 2 aromatic rings. The molecule has 1 aromatic carbocycles. The first kappa shape index (κ1) is 17.0. The predicted molar refractivity (Wildman–Crippen MR) is 87.8 cm³/mol. The number of nitrogens with one attached hydrogen (secondary N) is 2. The van der Waals surface area contributed by atoms with Crippen LogP contribution in [-0.4, -0.2) is 24.0 Å². The van der Waals surface area contributed by atoms with Gasteiger partial charge in [-0.05, 0) is 31.2 Å². The van der Waals surface area contributed by atoms with Gasteiger partial charge in [0.25, 0.3) is 5.91 Å². The quantitative estimate of drug-likeness (QED) is 0.827. The van der Waals surface area contributed by atoms with Crippen LogP contribution < -0.4 is 10.6 Å². The molecule has 0 bridgehead atoms. The van der Waals surface area contributed by atoms with E-state index in [0.717, 1.165) is 11.3 Å². The Bertz CT molecular complexity index is 717. The Morgan fingerprint density at radius 2 is 1.83 bits per heavy atom. The summed E-state index contributed by atoms with van der Waals surface area (Å²) in [6, 6.07) is 11.0. The Kier molecular flexibility index (Phi) is 5.72. The minimum atomic E-state index is -1.12. The number of esters is 1. The number of hydrogen-bond donors (Lipinski definition) is 2. The summed E-state index contributed by atoms with van der Waals surface area (Å²) in [5.74, 6) is -1.40. The highest BCUT2D eigenvalue weighted by molar-refractivity contribution is 7.17. The lowest BCUT2D eigenvalue weighted by Gasteiger charge is -2.12. The van der Waals surface area contributed by atoms with Gasteiger partial charge >= 0.3 is 12.0 Å². The standard InChI is InChI=1S/C15H13ClN2O4S/c1-9(22-14(20)11-7-8-12(16)23-11)13(19)18-15(21)17-10-5-3-2-4-6-10/h2-9H,1H3,(H2,17,18,19,21). The number of carbonyl (C=O) groups excluding carboxylic acids is 3. The number of anilines is 1. The molecular formula is C15H13ClN2O4S. The Balaban J connectivity index is 1.85. The predicted octanol–water partition coefficient (Wildman–Crippen LogP) is 3.30. The van der Waals surface area contributed by atoms with E-state index in [1.165, 1.54) is 13.0 Å². The molecule has 0 aliphatic rings. The lowest BCUT2D eigenvalue weighted by Crippen LogP contribution is -2.41. The summed E-state index contributed by atoms with van der Waals surface area (Å²) in [5.41, 5.74) is 0.538. The van der Waals surface area contributed by atoms with Crippen LogP contribution >= 0.6 is 22.9 Å². The number of benzene rings is 1. The molecule has 0 fully saturated rings. The van der Waals surface area contributed by atoms with E-state index >= 15 is 0 Å². The van der Waals surface area contributed by atoms with E-state index in [9.17, 15) is 14.4 Å². The Morgan fingerprint density at radius 1 is 1.13 bits per heavy atom. The van der Waals surface area contributed by atoms with Crippen molar-refractivity contribution >= 4 is 46.5 Å². The zero-order valence-corrected chi connectivity index (χ0v) is 13.6. The van der Waals surface area contributed by atoms with Gasteiger partial charge in [-0.25, -0.2) is 9.59 Å². The van der Waals surface area contributed by atoms with Crippen molar-refractivity contribution in [2.45, 2.75) is 13.0 Å². The summed E-state index contributed by atoms with van der Waals surface area (Å²) in [6.45, 7) is 1.37. The molecule has 23 heavy (non-hydrogen) atoms. The van der Waals surface area contributed by atoms with Crippen molar-refractivity contribution in [2.24, 2.45) is 0 Å². The average Bonchev–Trinajstić information content (AvgIpc) is 2.94. The van der Waals surface area contributed by atoms with E-state index < -0.39 is 24.0 Å². The van der Waals surface area contributed by atoms with Gasteiger partial charge in [-0.1, -0.05) is 29.8 Å². The van der Waals surface area contributed by atoms with Crippen LogP contribution in [0.1, 0.15) is 16.6 Å². The number of urea groups is 1. The van der Waals surface area contributed by atoms with Gasteiger partial charge in [0.1, 0.15) is 4.88 Å². The fourth-order valence-electron chi connectivity index (χ4n) is 1.59. The van der Waals surface area contributed by atoms with Gasteiger partial charge in [0.15, 0.2) is 6.10 Å². The minimum Gasteiger partial charge on any atom is -0.448 e. The maximum atomic E-state index is 11.8. The van der Waals surface area contributed by atoms with E-state index in [0.29, 0.717) is 10.0 Å². The summed E-state index contributed by atoms with van der Waals surface area (Å²) in [7, 11) is 0. The topological polar surface area (TPSA) is 84.5 Å².